The van der Waals surface area contributed by atoms with E-state index in [-0.39, 0.29) is 0 Å². The Morgan fingerprint density at radius 3 is 2.59 bits per heavy atom. The van der Waals surface area contributed by atoms with E-state index in [0.717, 1.165) is 17.3 Å². The van der Waals surface area contributed by atoms with Crippen molar-refractivity contribution in [1.82, 2.24) is 10.3 Å². The standard InChI is InChI=1S/C14H24N2S/c1-5-8-15-12(4)13-6-7-14(16-9-13)17-10-11(2)3/h6-7,9,11-12,15H,5,8,10H2,1-4H3. The van der Waals surface area contributed by atoms with Crippen molar-refractivity contribution in [2.75, 3.05) is 12.3 Å². The van der Waals surface area contributed by atoms with Crippen LogP contribution < -0.4 is 5.32 Å². The van der Waals surface area contributed by atoms with Crippen LogP contribution in [-0.4, -0.2) is 17.3 Å². The molecule has 0 aliphatic rings. The minimum Gasteiger partial charge on any atom is -0.310 e. The molecule has 1 rings (SSSR count). The van der Waals surface area contributed by atoms with Gasteiger partial charge in [0, 0.05) is 18.0 Å². The summed E-state index contributed by atoms with van der Waals surface area (Å²) in [7, 11) is 0. The summed E-state index contributed by atoms with van der Waals surface area (Å²) >= 11 is 1.84. The van der Waals surface area contributed by atoms with Crippen molar-refractivity contribution < 1.29 is 0 Å². The lowest BCUT2D eigenvalue weighted by Gasteiger charge is -2.13. The highest BCUT2D eigenvalue weighted by Crippen LogP contribution is 2.20. The summed E-state index contributed by atoms with van der Waals surface area (Å²) in [5, 5.41) is 4.60. The molecular weight excluding hydrogens is 228 g/mol. The molecule has 1 N–H and O–H groups in total. The second-order valence-corrected chi connectivity index (χ2v) is 5.85. The summed E-state index contributed by atoms with van der Waals surface area (Å²) in [6.07, 6.45) is 3.16. The van der Waals surface area contributed by atoms with Crippen LogP contribution in [0.25, 0.3) is 0 Å². The van der Waals surface area contributed by atoms with Crippen LogP contribution in [0.15, 0.2) is 23.4 Å². The molecule has 2 nitrogen and oxygen atoms in total. The number of hydrogen-bond donors (Lipinski definition) is 1. The minimum absolute atomic E-state index is 0.395. The van der Waals surface area contributed by atoms with E-state index in [2.05, 4.69) is 50.1 Å². The van der Waals surface area contributed by atoms with E-state index in [1.807, 2.05) is 18.0 Å². The summed E-state index contributed by atoms with van der Waals surface area (Å²) in [4.78, 5) is 4.50. The number of pyridine rings is 1. The Morgan fingerprint density at radius 2 is 2.06 bits per heavy atom. The summed E-state index contributed by atoms with van der Waals surface area (Å²) in [6, 6.07) is 4.71. The van der Waals surface area contributed by atoms with Gasteiger partial charge in [-0.25, -0.2) is 4.98 Å². The molecule has 1 atom stereocenters. The lowest BCUT2D eigenvalue weighted by molar-refractivity contribution is 0.568. The maximum atomic E-state index is 4.50. The van der Waals surface area contributed by atoms with Crippen LogP contribution in [0.1, 0.15) is 45.7 Å². The van der Waals surface area contributed by atoms with Gasteiger partial charge >= 0.3 is 0 Å². The molecule has 3 heteroatoms. The topological polar surface area (TPSA) is 24.9 Å². The normalized spacial score (nSPS) is 13.0. The third-order valence-electron chi connectivity index (χ3n) is 2.52. The molecule has 17 heavy (non-hydrogen) atoms. The van der Waals surface area contributed by atoms with Crippen molar-refractivity contribution in [3.05, 3.63) is 23.9 Å². The van der Waals surface area contributed by atoms with Gasteiger partial charge in [0.15, 0.2) is 0 Å². The van der Waals surface area contributed by atoms with Gasteiger partial charge in [-0.2, -0.15) is 0 Å². The predicted octanol–water partition coefficient (Wildman–Crippen LogP) is 3.89. The second kappa shape index (κ2) is 7.72. The molecular formula is C14H24N2S. The predicted molar refractivity (Wildman–Crippen MR) is 76.5 cm³/mol. The van der Waals surface area contributed by atoms with E-state index < -0.39 is 0 Å². The van der Waals surface area contributed by atoms with E-state index in [0.29, 0.717) is 12.0 Å². The molecule has 0 bridgehead atoms. The van der Waals surface area contributed by atoms with E-state index in [9.17, 15) is 0 Å². The fourth-order valence-electron chi connectivity index (χ4n) is 1.46. The Kier molecular flexibility index (Phi) is 6.60. The number of rotatable bonds is 7. The third kappa shape index (κ3) is 5.55. The van der Waals surface area contributed by atoms with Gasteiger partial charge < -0.3 is 5.32 Å². The molecule has 0 saturated carbocycles. The maximum Gasteiger partial charge on any atom is 0.0960 e. The molecule has 0 radical (unpaired) electrons. The Hall–Kier alpha value is -0.540. The largest absolute Gasteiger partial charge is 0.310 e. The smallest absolute Gasteiger partial charge is 0.0960 e. The molecule has 0 fully saturated rings. The first-order chi connectivity index (χ1) is 8.13. The lowest BCUT2D eigenvalue weighted by atomic mass is 10.1. The van der Waals surface area contributed by atoms with Crippen molar-refractivity contribution in [2.24, 2.45) is 5.92 Å². The van der Waals surface area contributed by atoms with Crippen LogP contribution in [0.4, 0.5) is 0 Å². The number of thioether (sulfide) groups is 1. The van der Waals surface area contributed by atoms with Crippen LogP contribution in [0.5, 0.6) is 0 Å². The Bertz CT molecular complexity index is 309. The van der Waals surface area contributed by atoms with Crippen molar-refractivity contribution in [3.8, 4) is 0 Å². The molecule has 0 aromatic carbocycles. The molecule has 1 unspecified atom stereocenters. The molecule has 1 aromatic rings. The number of nitrogens with zero attached hydrogens (tertiary/aromatic N) is 1. The first kappa shape index (κ1) is 14.5. The maximum absolute atomic E-state index is 4.50. The zero-order valence-corrected chi connectivity index (χ0v) is 12.2. The van der Waals surface area contributed by atoms with E-state index in [4.69, 9.17) is 0 Å². The summed E-state index contributed by atoms with van der Waals surface area (Å²) in [6.45, 7) is 9.90. The summed E-state index contributed by atoms with van der Waals surface area (Å²) < 4.78 is 0. The second-order valence-electron chi connectivity index (χ2n) is 4.81. The van der Waals surface area contributed by atoms with Crippen LogP contribution in [0, 0.1) is 5.92 Å². The Labute approximate surface area is 110 Å². The minimum atomic E-state index is 0.395. The summed E-state index contributed by atoms with van der Waals surface area (Å²) in [5.41, 5.74) is 1.27. The highest BCUT2D eigenvalue weighted by molar-refractivity contribution is 7.99. The van der Waals surface area contributed by atoms with Crippen LogP contribution in [0.2, 0.25) is 0 Å². The SMILES string of the molecule is CCCNC(C)c1ccc(SCC(C)C)nc1. The molecule has 1 heterocycles. The van der Waals surface area contributed by atoms with Crippen LogP contribution in [-0.2, 0) is 0 Å². The number of aromatic nitrogens is 1. The van der Waals surface area contributed by atoms with Crippen molar-refractivity contribution in [2.45, 2.75) is 45.2 Å². The molecule has 1 aromatic heterocycles. The highest BCUT2D eigenvalue weighted by atomic mass is 32.2. The fourth-order valence-corrected chi connectivity index (χ4v) is 2.26. The Morgan fingerprint density at radius 1 is 1.29 bits per heavy atom. The zero-order valence-electron chi connectivity index (χ0n) is 11.4. The van der Waals surface area contributed by atoms with Gasteiger partial charge in [0.1, 0.15) is 0 Å². The quantitative estimate of drug-likeness (QED) is 0.745. The average Bonchev–Trinajstić information content (AvgIpc) is 2.34. The van der Waals surface area contributed by atoms with Crippen LogP contribution in [0.3, 0.4) is 0 Å². The van der Waals surface area contributed by atoms with Crippen molar-refractivity contribution in [1.29, 1.82) is 0 Å². The van der Waals surface area contributed by atoms with Gasteiger partial charge in [0.25, 0.3) is 0 Å². The molecule has 0 spiro atoms. The monoisotopic (exact) mass is 252 g/mol. The van der Waals surface area contributed by atoms with E-state index >= 15 is 0 Å². The summed E-state index contributed by atoms with van der Waals surface area (Å²) in [5.74, 6) is 1.85. The molecule has 0 aliphatic heterocycles. The van der Waals surface area contributed by atoms with Gasteiger partial charge in [-0.05, 0) is 37.4 Å². The first-order valence-electron chi connectivity index (χ1n) is 6.45. The van der Waals surface area contributed by atoms with Crippen molar-refractivity contribution >= 4 is 11.8 Å². The molecule has 96 valence electrons. The zero-order chi connectivity index (χ0) is 12.7. The molecule has 0 amide bonds. The first-order valence-corrected chi connectivity index (χ1v) is 7.44. The lowest BCUT2D eigenvalue weighted by Crippen LogP contribution is -2.19. The van der Waals surface area contributed by atoms with E-state index in [1.165, 1.54) is 12.0 Å². The third-order valence-corrected chi connectivity index (χ3v) is 3.89. The highest BCUT2D eigenvalue weighted by Gasteiger charge is 2.05. The van der Waals surface area contributed by atoms with Crippen molar-refractivity contribution in [3.63, 3.8) is 0 Å². The fraction of sp³-hybridized carbons (Fsp3) is 0.643. The van der Waals surface area contributed by atoms with Crippen LogP contribution >= 0.6 is 11.8 Å². The number of hydrogen-bond acceptors (Lipinski definition) is 3. The van der Waals surface area contributed by atoms with Gasteiger partial charge in [-0.15, -0.1) is 11.8 Å². The Balaban J connectivity index is 2.49. The van der Waals surface area contributed by atoms with Gasteiger partial charge in [-0.3, -0.25) is 0 Å². The number of nitrogens with one attached hydrogen (secondary N) is 1. The van der Waals surface area contributed by atoms with E-state index in [1.54, 1.807) is 0 Å². The van der Waals surface area contributed by atoms with Gasteiger partial charge in [0.05, 0.1) is 5.03 Å². The molecule has 0 saturated heterocycles. The molecule has 0 aliphatic carbocycles. The van der Waals surface area contributed by atoms with Gasteiger partial charge in [-0.1, -0.05) is 26.8 Å². The average molecular weight is 252 g/mol. The van der Waals surface area contributed by atoms with Gasteiger partial charge in [0.2, 0.25) is 0 Å².